The van der Waals surface area contributed by atoms with E-state index in [9.17, 15) is 0 Å². The van der Waals surface area contributed by atoms with Crippen molar-refractivity contribution >= 4 is 34.4 Å². The molecule has 0 aromatic heterocycles. The third-order valence-corrected chi connectivity index (χ3v) is 11.8. The van der Waals surface area contributed by atoms with E-state index in [-0.39, 0.29) is 0 Å². The predicted molar refractivity (Wildman–Crippen MR) is 102 cm³/mol. The molecule has 5 saturated carbocycles. The third kappa shape index (κ3) is 1.83. The maximum Gasteiger partial charge on any atom is 0.0143 e. The smallest absolute Gasteiger partial charge is 0.0143 e. The first-order chi connectivity index (χ1) is 10.8. The van der Waals surface area contributed by atoms with Gasteiger partial charge in [0.05, 0.1) is 0 Å². The van der Waals surface area contributed by atoms with Crippen molar-refractivity contribution < 1.29 is 0 Å². The van der Waals surface area contributed by atoms with Crippen LogP contribution in [0.15, 0.2) is 12.2 Å². The Morgan fingerprint density at radius 1 is 0.773 bits per heavy atom. The van der Waals surface area contributed by atoms with Gasteiger partial charge in [0.15, 0.2) is 0 Å². The van der Waals surface area contributed by atoms with E-state index in [1.54, 1.807) is 38.5 Å². The van der Waals surface area contributed by atoms with E-state index in [1.807, 2.05) is 0 Å². The van der Waals surface area contributed by atoms with E-state index in [1.165, 1.54) is 6.42 Å². The highest BCUT2D eigenvalue weighted by atomic mass is 127. The van der Waals surface area contributed by atoms with Crippen LogP contribution >= 0.6 is 34.4 Å². The van der Waals surface area contributed by atoms with Crippen LogP contribution in [-0.2, 0) is 0 Å². The summed E-state index contributed by atoms with van der Waals surface area (Å²) in [6.45, 7) is 0. The van der Waals surface area contributed by atoms with Crippen molar-refractivity contribution in [1.82, 2.24) is 0 Å². The van der Waals surface area contributed by atoms with Gasteiger partial charge in [-0.2, -0.15) is 11.8 Å². The topological polar surface area (TPSA) is 0 Å². The summed E-state index contributed by atoms with van der Waals surface area (Å²) < 4.78 is 1.03. The molecule has 11 unspecified atom stereocenters. The number of rotatable bonds is 2. The Hall–Kier alpha value is 0.820. The number of halogens is 1. The number of alkyl halides is 1. The summed E-state index contributed by atoms with van der Waals surface area (Å²) in [7, 11) is 0. The van der Waals surface area contributed by atoms with Gasteiger partial charge in [-0.15, -0.1) is 0 Å². The summed E-state index contributed by atoms with van der Waals surface area (Å²) in [5.41, 5.74) is 0. The van der Waals surface area contributed by atoms with Gasteiger partial charge in [-0.25, -0.2) is 0 Å². The zero-order chi connectivity index (χ0) is 14.4. The molecule has 22 heavy (non-hydrogen) atoms. The van der Waals surface area contributed by atoms with E-state index in [0.717, 1.165) is 61.8 Å². The summed E-state index contributed by atoms with van der Waals surface area (Å²) in [6.07, 6.45) is 16.0. The zero-order valence-corrected chi connectivity index (χ0v) is 16.2. The van der Waals surface area contributed by atoms with Gasteiger partial charge in [-0.1, -0.05) is 34.7 Å². The van der Waals surface area contributed by atoms with Gasteiger partial charge in [0.25, 0.3) is 0 Å². The van der Waals surface area contributed by atoms with Crippen LogP contribution in [0.5, 0.6) is 0 Å². The van der Waals surface area contributed by atoms with Gasteiger partial charge in [0.1, 0.15) is 0 Å². The van der Waals surface area contributed by atoms with Gasteiger partial charge < -0.3 is 0 Å². The minimum Gasteiger partial charge on any atom is -0.155 e. The number of hydrogen-bond donors (Lipinski definition) is 0. The molecule has 0 spiro atoms. The van der Waals surface area contributed by atoms with Crippen LogP contribution in [0.2, 0.25) is 0 Å². The molecule has 6 rings (SSSR count). The largest absolute Gasteiger partial charge is 0.155 e. The molecule has 0 aliphatic heterocycles. The van der Waals surface area contributed by atoms with Gasteiger partial charge in [0.2, 0.25) is 0 Å². The molecule has 0 N–H and O–H groups in total. The van der Waals surface area contributed by atoms with Gasteiger partial charge >= 0.3 is 0 Å². The molecule has 6 aliphatic carbocycles. The van der Waals surface area contributed by atoms with Crippen molar-refractivity contribution in [3.63, 3.8) is 0 Å². The van der Waals surface area contributed by atoms with E-state index >= 15 is 0 Å². The average molecular weight is 426 g/mol. The molecule has 5 fully saturated rings. The van der Waals surface area contributed by atoms with Crippen molar-refractivity contribution in [2.24, 2.45) is 47.3 Å². The van der Waals surface area contributed by atoms with E-state index in [0.29, 0.717) is 0 Å². The average Bonchev–Trinajstić information content (AvgIpc) is 3.26. The summed E-state index contributed by atoms with van der Waals surface area (Å²) in [5.74, 6) is 8.74. The second-order valence-corrected chi connectivity index (χ2v) is 12.5. The Balaban J connectivity index is 1.15. The second-order valence-electron chi connectivity index (χ2n) is 9.31. The molecule has 2 heteroatoms. The van der Waals surface area contributed by atoms with Crippen LogP contribution in [0.25, 0.3) is 0 Å². The van der Waals surface area contributed by atoms with Gasteiger partial charge in [0, 0.05) is 14.4 Å². The first-order valence-corrected chi connectivity index (χ1v) is 11.9. The van der Waals surface area contributed by atoms with Crippen molar-refractivity contribution in [2.75, 3.05) is 0 Å². The standard InChI is InChI=1S/C20H27IS/c21-19-6-10-4-17(19)16-9-12(8-15(10)16)22-20-7-11-5-18(20)14-3-1-2-13(11)14/h1,3,10-20H,2,4-9H2. The lowest BCUT2D eigenvalue weighted by Gasteiger charge is -2.32. The number of hydrogen-bond acceptors (Lipinski definition) is 1. The fraction of sp³-hybridized carbons (Fsp3) is 0.900. The van der Waals surface area contributed by atoms with Crippen LogP contribution in [-0.4, -0.2) is 14.4 Å². The summed E-state index contributed by atoms with van der Waals surface area (Å²) >= 11 is 5.26. The Bertz CT molecular complexity index is 516. The Kier molecular flexibility index (Phi) is 3.14. The molecule has 11 atom stereocenters. The molecular weight excluding hydrogens is 399 g/mol. The highest BCUT2D eigenvalue weighted by molar-refractivity contribution is 14.1. The monoisotopic (exact) mass is 426 g/mol. The number of allylic oxidation sites excluding steroid dienone is 2. The predicted octanol–water partition coefficient (Wildman–Crippen LogP) is 5.56. The Morgan fingerprint density at radius 3 is 2.55 bits per heavy atom. The molecular formula is C20H27IS. The highest BCUT2D eigenvalue weighted by Gasteiger charge is 2.57. The van der Waals surface area contributed by atoms with Crippen molar-refractivity contribution in [1.29, 1.82) is 0 Å². The molecule has 0 aromatic rings. The Morgan fingerprint density at radius 2 is 1.59 bits per heavy atom. The van der Waals surface area contributed by atoms with Crippen LogP contribution in [0, 0.1) is 47.3 Å². The quantitative estimate of drug-likeness (QED) is 0.317. The molecule has 0 nitrogen and oxygen atoms in total. The summed E-state index contributed by atoms with van der Waals surface area (Å²) in [5, 5.41) is 2.07. The maximum absolute atomic E-state index is 2.78. The zero-order valence-electron chi connectivity index (χ0n) is 13.2. The van der Waals surface area contributed by atoms with Crippen molar-refractivity contribution in [2.45, 2.75) is 59.4 Å². The lowest BCUT2D eigenvalue weighted by atomic mass is 9.81. The molecule has 0 saturated heterocycles. The van der Waals surface area contributed by atoms with Crippen LogP contribution < -0.4 is 0 Å². The minimum atomic E-state index is 0.993. The molecule has 0 radical (unpaired) electrons. The molecule has 120 valence electrons. The SMILES string of the molecule is IC1CC2CC1C1CC(SC3CC4CC3C3C=CCC43)CC21. The van der Waals surface area contributed by atoms with Crippen molar-refractivity contribution in [3.05, 3.63) is 12.2 Å². The Labute approximate surface area is 152 Å². The first kappa shape index (κ1) is 14.0. The molecule has 0 amide bonds. The molecule has 4 bridgehead atoms. The normalized spacial score (nSPS) is 63.8. The van der Waals surface area contributed by atoms with E-state index in [2.05, 4.69) is 46.5 Å². The summed E-state index contributed by atoms with van der Waals surface area (Å²) in [4.78, 5) is 0. The van der Waals surface area contributed by atoms with Gasteiger partial charge in [-0.3, -0.25) is 0 Å². The number of fused-ring (bicyclic) bond motifs is 10. The lowest BCUT2D eigenvalue weighted by molar-refractivity contribution is 0.271. The van der Waals surface area contributed by atoms with Crippen LogP contribution in [0.4, 0.5) is 0 Å². The molecule has 0 aromatic carbocycles. The lowest BCUT2D eigenvalue weighted by Crippen LogP contribution is -2.27. The first-order valence-electron chi connectivity index (χ1n) is 9.74. The van der Waals surface area contributed by atoms with Gasteiger partial charge in [-0.05, 0) is 92.3 Å². The number of thioether (sulfide) groups is 1. The van der Waals surface area contributed by atoms with E-state index in [4.69, 9.17) is 0 Å². The summed E-state index contributed by atoms with van der Waals surface area (Å²) in [6, 6.07) is 0. The molecule has 6 aliphatic rings. The highest BCUT2D eigenvalue weighted by Crippen LogP contribution is 2.65. The van der Waals surface area contributed by atoms with Crippen LogP contribution in [0.1, 0.15) is 44.9 Å². The molecule has 0 heterocycles. The maximum atomic E-state index is 2.78. The minimum absolute atomic E-state index is 0.993. The fourth-order valence-electron chi connectivity index (χ4n) is 7.94. The third-order valence-electron chi connectivity index (χ3n) is 8.66. The van der Waals surface area contributed by atoms with E-state index < -0.39 is 0 Å². The fourth-order valence-corrected chi connectivity index (χ4v) is 11.4. The second kappa shape index (κ2) is 4.93. The van der Waals surface area contributed by atoms with Crippen LogP contribution in [0.3, 0.4) is 0 Å². The van der Waals surface area contributed by atoms with Crippen molar-refractivity contribution in [3.8, 4) is 0 Å².